The minimum Gasteiger partial charge on any atom is -0.491 e. The van der Waals surface area contributed by atoms with E-state index >= 15 is 0 Å². The molecule has 0 aliphatic carbocycles. The van der Waals surface area contributed by atoms with Crippen molar-refractivity contribution in [1.29, 1.82) is 0 Å². The van der Waals surface area contributed by atoms with E-state index < -0.39 is 0 Å². The zero-order chi connectivity index (χ0) is 21.8. The fourth-order valence-electron chi connectivity index (χ4n) is 2.68. The summed E-state index contributed by atoms with van der Waals surface area (Å²) in [6.07, 6.45) is 2.78. The van der Waals surface area contributed by atoms with E-state index in [1.165, 1.54) is 0 Å². The fourth-order valence-corrected chi connectivity index (χ4v) is 2.68. The number of aryl methyl sites for hydroxylation is 1. The first-order valence-electron chi connectivity index (χ1n) is 10.7. The minimum absolute atomic E-state index is 0.149. The maximum Gasteiger partial charge on any atom is 0.196 e. The van der Waals surface area contributed by atoms with E-state index in [1.54, 1.807) is 6.33 Å². The molecule has 0 unspecified atom stereocenters. The van der Waals surface area contributed by atoms with Gasteiger partial charge in [-0.1, -0.05) is 13.8 Å². The third kappa shape index (κ3) is 8.82. The molecule has 8 heteroatoms. The number of guanidine groups is 1. The standard InChI is InChI=1S/C22H36N6O2/c1-6-28-16-25-27-21(28)14-24-22(23-12-7-13-29-15-17(2)3)26-19-8-10-20(11-9-19)30-18(4)5/h8-11,16-18H,6-7,12-15H2,1-5H3,(H2,23,24,26). The maximum absolute atomic E-state index is 5.71. The Morgan fingerprint density at radius 1 is 1.17 bits per heavy atom. The van der Waals surface area contributed by atoms with Gasteiger partial charge in [-0.25, -0.2) is 4.99 Å². The van der Waals surface area contributed by atoms with Crippen LogP contribution >= 0.6 is 0 Å². The number of anilines is 1. The van der Waals surface area contributed by atoms with Gasteiger partial charge in [-0.3, -0.25) is 0 Å². The molecule has 2 rings (SSSR count). The van der Waals surface area contributed by atoms with Gasteiger partial charge in [0.15, 0.2) is 11.8 Å². The molecule has 0 aliphatic heterocycles. The average molecular weight is 417 g/mol. The molecule has 1 aromatic carbocycles. The maximum atomic E-state index is 5.71. The van der Waals surface area contributed by atoms with Crippen LogP contribution in [0.2, 0.25) is 0 Å². The van der Waals surface area contributed by atoms with Gasteiger partial charge in [-0.05, 0) is 57.4 Å². The van der Waals surface area contributed by atoms with Crippen LogP contribution in [-0.4, -0.2) is 46.6 Å². The summed E-state index contributed by atoms with van der Waals surface area (Å²) in [5.74, 6) is 2.93. The monoisotopic (exact) mass is 416 g/mol. The van der Waals surface area contributed by atoms with Gasteiger partial charge in [0.25, 0.3) is 0 Å². The first kappa shape index (κ1) is 23.7. The molecule has 0 aliphatic rings. The summed E-state index contributed by atoms with van der Waals surface area (Å²) < 4.78 is 13.3. The summed E-state index contributed by atoms with van der Waals surface area (Å²) in [4.78, 5) is 4.69. The van der Waals surface area contributed by atoms with E-state index in [9.17, 15) is 0 Å². The molecule has 0 spiro atoms. The Morgan fingerprint density at radius 2 is 1.93 bits per heavy atom. The molecule has 30 heavy (non-hydrogen) atoms. The smallest absolute Gasteiger partial charge is 0.196 e. The fraction of sp³-hybridized carbons (Fsp3) is 0.591. The lowest BCUT2D eigenvalue weighted by Crippen LogP contribution is -2.32. The Kier molecular flexibility index (Phi) is 10.1. The lowest BCUT2D eigenvalue weighted by molar-refractivity contribution is 0.108. The summed E-state index contributed by atoms with van der Waals surface area (Å²) in [7, 11) is 0. The van der Waals surface area contributed by atoms with Gasteiger partial charge >= 0.3 is 0 Å². The van der Waals surface area contributed by atoms with Crippen molar-refractivity contribution in [2.45, 2.75) is 60.2 Å². The van der Waals surface area contributed by atoms with E-state index in [4.69, 9.17) is 9.47 Å². The van der Waals surface area contributed by atoms with E-state index in [0.29, 0.717) is 18.4 Å². The second-order valence-electron chi connectivity index (χ2n) is 7.76. The number of ether oxygens (including phenoxy) is 2. The normalized spacial score (nSPS) is 11.9. The van der Waals surface area contributed by atoms with Crippen LogP contribution in [0.3, 0.4) is 0 Å². The molecule has 0 radical (unpaired) electrons. The number of nitrogens with one attached hydrogen (secondary N) is 2. The molecular weight excluding hydrogens is 380 g/mol. The largest absolute Gasteiger partial charge is 0.491 e. The van der Waals surface area contributed by atoms with Crippen molar-refractivity contribution < 1.29 is 9.47 Å². The van der Waals surface area contributed by atoms with Crippen LogP contribution in [0.4, 0.5) is 5.69 Å². The molecule has 1 aromatic heterocycles. The third-order valence-corrected chi connectivity index (χ3v) is 4.11. The van der Waals surface area contributed by atoms with Crippen molar-refractivity contribution >= 4 is 11.6 Å². The van der Waals surface area contributed by atoms with Gasteiger partial charge in [0.1, 0.15) is 18.6 Å². The zero-order valence-electron chi connectivity index (χ0n) is 18.9. The molecule has 0 bridgehead atoms. The highest BCUT2D eigenvalue weighted by atomic mass is 16.5. The first-order chi connectivity index (χ1) is 14.5. The average Bonchev–Trinajstić information content (AvgIpc) is 3.17. The summed E-state index contributed by atoms with van der Waals surface area (Å²) >= 11 is 0. The number of aliphatic imine (C=N–C) groups is 1. The van der Waals surface area contributed by atoms with Crippen LogP contribution in [-0.2, 0) is 17.8 Å². The molecule has 0 saturated carbocycles. The van der Waals surface area contributed by atoms with Crippen molar-refractivity contribution in [1.82, 2.24) is 20.1 Å². The number of hydrogen-bond donors (Lipinski definition) is 2. The minimum atomic E-state index is 0.149. The third-order valence-electron chi connectivity index (χ3n) is 4.11. The highest BCUT2D eigenvalue weighted by molar-refractivity contribution is 5.93. The van der Waals surface area contributed by atoms with Gasteiger partial charge in [0, 0.05) is 32.0 Å². The summed E-state index contributed by atoms with van der Waals surface area (Å²) in [6.45, 7) is 13.9. The molecule has 0 fully saturated rings. The second-order valence-corrected chi connectivity index (χ2v) is 7.76. The zero-order valence-corrected chi connectivity index (χ0v) is 18.9. The first-order valence-corrected chi connectivity index (χ1v) is 10.7. The van der Waals surface area contributed by atoms with Gasteiger partial charge in [-0.2, -0.15) is 0 Å². The Balaban J connectivity index is 1.96. The van der Waals surface area contributed by atoms with Crippen LogP contribution in [0, 0.1) is 5.92 Å². The molecule has 166 valence electrons. The Bertz CT molecular complexity index is 755. The van der Waals surface area contributed by atoms with E-state index in [1.807, 2.05) is 42.7 Å². The van der Waals surface area contributed by atoms with Gasteiger partial charge in [0.2, 0.25) is 0 Å². The van der Waals surface area contributed by atoms with Crippen LogP contribution in [0.15, 0.2) is 35.6 Å². The van der Waals surface area contributed by atoms with Crippen LogP contribution < -0.4 is 15.4 Å². The molecule has 0 atom stereocenters. The van der Waals surface area contributed by atoms with E-state index in [2.05, 4.69) is 46.6 Å². The topological polar surface area (TPSA) is 85.6 Å². The predicted molar refractivity (Wildman–Crippen MR) is 121 cm³/mol. The molecular formula is C22H36N6O2. The Labute approximate surface area is 180 Å². The molecule has 0 saturated heterocycles. The second kappa shape index (κ2) is 12.8. The molecule has 2 N–H and O–H groups in total. The van der Waals surface area contributed by atoms with Crippen molar-refractivity contribution in [3.8, 4) is 5.75 Å². The highest BCUT2D eigenvalue weighted by Gasteiger charge is 2.05. The lowest BCUT2D eigenvalue weighted by atomic mass is 10.2. The van der Waals surface area contributed by atoms with Crippen LogP contribution in [0.5, 0.6) is 5.75 Å². The summed E-state index contributed by atoms with van der Waals surface area (Å²) in [6, 6.07) is 7.87. The number of benzene rings is 1. The number of nitrogens with zero attached hydrogens (tertiary/aromatic N) is 4. The lowest BCUT2D eigenvalue weighted by Gasteiger charge is -2.14. The highest BCUT2D eigenvalue weighted by Crippen LogP contribution is 2.17. The molecule has 8 nitrogen and oxygen atoms in total. The molecule has 2 aromatic rings. The van der Waals surface area contributed by atoms with Gasteiger partial charge in [-0.15, -0.1) is 10.2 Å². The Morgan fingerprint density at radius 3 is 2.60 bits per heavy atom. The van der Waals surface area contributed by atoms with E-state index in [0.717, 1.165) is 50.0 Å². The van der Waals surface area contributed by atoms with Crippen molar-refractivity contribution in [3.05, 3.63) is 36.4 Å². The van der Waals surface area contributed by atoms with Crippen molar-refractivity contribution in [2.75, 3.05) is 25.1 Å². The van der Waals surface area contributed by atoms with Crippen molar-refractivity contribution in [3.63, 3.8) is 0 Å². The van der Waals surface area contributed by atoms with E-state index in [-0.39, 0.29) is 6.10 Å². The summed E-state index contributed by atoms with van der Waals surface area (Å²) in [5, 5.41) is 14.9. The van der Waals surface area contributed by atoms with Crippen LogP contribution in [0.25, 0.3) is 0 Å². The Hall–Kier alpha value is -2.61. The quantitative estimate of drug-likeness (QED) is 0.312. The van der Waals surface area contributed by atoms with Gasteiger partial charge in [0.05, 0.1) is 6.10 Å². The van der Waals surface area contributed by atoms with Gasteiger partial charge < -0.3 is 24.7 Å². The van der Waals surface area contributed by atoms with Crippen molar-refractivity contribution in [2.24, 2.45) is 10.9 Å². The van der Waals surface area contributed by atoms with Crippen LogP contribution in [0.1, 0.15) is 46.9 Å². The summed E-state index contributed by atoms with van der Waals surface area (Å²) in [5.41, 5.74) is 0.936. The SMILES string of the molecule is CCn1cnnc1CN=C(NCCCOCC(C)C)Nc1ccc(OC(C)C)cc1. The number of hydrogen-bond acceptors (Lipinski definition) is 5. The number of aromatic nitrogens is 3. The number of rotatable bonds is 12. The molecule has 0 amide bonds. The molecule has 1 heterocycles. The predicted octanol–water partition coefficient (Wildman–Crippen LogP) is 3.71.